The van der Waals surface area contributed by atoms with E-state index >= 15 is 0 Å². The molecule has 0 atom stereocenters. The molecule has 0 aliphatic rings. The SMILES string of the molecule is CCCCSc1nc2nc(-c3ccc(OC)cc3)cc(C(F)(F)F)n2n1. The first kappa shape index (κ1) is 18.5. The third-order valence-electron chi connectivity index (χ3n) is 3.70. The van der Waals surface area contributed by atoms with E-state index in [2.05, 4.69) is 15.1 Å². The topological polar surface area (TPSA) is 52.3 Å². The van der Waals surface area contributed by atoms with Gasteiger partial charge in [-0.15, -0.1) is 5.10 Å². The fraction of sp³-hybridized carbons (Fsp3) is 0.353. The van der Waals surface area contributed by atoms with Crippen molar-refractivity contribution >= 4 is 17.5 Å². The Balaban J connectivity index is 2.06. The van der Waals surface area contributed by atoms with Gasteiger partial charge in [-0.25, -0.2) is 4.98 Å². The molecule has 0 aliphatic heterocycles. The number of benzene rings is 1. The molecule has 0 saturated carbocycles. The summed E-state index contributed by atoms with van der Waals surface area (Å²) in [5.41, 5.74) is -0.171. The molecule has 0 aliphatic carbocycles. The van der Waals surface area contributed by atoms with Gasteiger partial charge in [-0.2, -0.15) is 22.7 Å². The van der Waals surface area contributed by atoms with Crippen molar-refractivity contribution in [2.24, 2.45) is 0 Å². The van der Waals surface area contributed by atoms with Crippen LogP contribution in [0.3, 0.4) is 0 Å². The van der Waals surface area contributed by atoms with Crippen LogP contribution in [0.4, 0.5) is 13.2 Å². The molecule has 0 N–H and O–H groups in total. The molecule has 0 fully saturated rings. The maximum atomic E-state index is 13.5. The Morgan fingerprint density at radius 2 is 1.88 bits per heavy atom. The highest BCUT2D eigenvalue weighted by atomic mass is 32.2. The van der Waals surface area contributed by atoms with Gasteiger partial charge < -0.3 is 4.74 Å². The molecule has 2 aromatic heterocycles. The van der Waals surface area contributed by atoms with Crippen LogP contribution in [0.2, 0.25) is 0 Å². The summed E-state index contributed by atoms with van der Waals surface area (Å²) in [5.74, 6) is 1.30. The largest absolute Gasteiger partial charge is 0.497 e. The normalized spacial score (nSPS) is 11.9. The number of thioether (sulfide) groups is 1. The van der Waals surface area contributed by atoms with Gasteiger partial charge in [0, 0.05) is 11.3 Å². The highest BCUT2D eigenvalue weighted by molar-refractivity contribution is 7.99. The van der Waals surface area contributed by atoms with Crippen molar-refractivity contribution in [1.82, 2.24) is 19.6 Å². The van der Waals surface area contributed by atoms with Crippen LogP contribution in [-0.4, -0.2) is 32.4 Å². The summed E-state index contributed by atoms with van der Waals surface area (Å²) in [6.07, 6.45) is -2.63. The quantitative estimate of drug-likeness (QED) is 0.456. The average molecular weight is 382 g/mol. The molecule has 0 spiro atoms. The van der Waals surface area contributed by atoms with Crippen molar-refractivity contribution in [1.29, 1.82) is 0 Å². The van der Waals surface area contributed by atoms with E-state index in [0.29, 0.717) is 16.5 Å². The zero-order valence-corrected chi connectivity index (χ0v) is 15.1. The Bertz CT molecular complexity index is 893. The van der Waals surface area contributed by atoms with E-state index < -0.39 is 11.9 Å². The predicted molar refractivity (Wildman–Crippen MR) is 93.4 cm³/mol. The Labute approximate surface area is 152 Å². The van der Waals surface area contributed by atoms with Crippen LogP contribution in [0.5, 0.6) is 5.75 Å². The van der Waals surface area contributed by atoms with Gasteiger partial charge >= 0.3 is 6.18 Å². The molecule has 1 aromatic carbocycles. The van der Waals surface area contributed by atoms with Gasteiger partial charge in [0.05, 0.1) is 12.8 Å². The van der Waals surface area contributed by atoms with E-state index in [9.17, 15) is 13.2 Å². The smallest absolute Gasteiger partial charge is 0.433 e. The lowest BCUT2D eigenvalue weighted by Crippen LogP contribution is -2.13. The number of fused-ring (bicyclic) bond motifs is 1. The summed E-state index contributed by atoms with van der Waals surface area (Å²) in [6, 6.07) is 7.65. The van der Waals surface area contributed by atoms with Crippen LogP contribution in [0.15, 0.2) is 35.5 Å². The standard InChI is InChI=1S/C17H17F3N4OS/c1-3-4-9-26-16-22-15-21-13(11-5-7-12(25-2)8-6-11)10-14(17(18,19)20)24(15)23-16/h5-8,10H,3-4,9H2,1-2H3. The van der Waals surface area contributed by atoms with Crippen LogP contribution >= 0.6 is 11.8 Å². The summed E-state index contributed by atoms with van der Waals surface area (Å²) in [4.78, 5) is 8.42. The van der Waals surface area contributed by atoms with Crippen molar-refractivity contribution in [3.05, 3.63) is 36.0 Å². The first-order valence-corrected chi connectivity index (χ1v) is 9.03. The molecule has 0 saturated heterocycles. The van der Waals surface area contributed by atoms with Gasteiger partial charge in [-0.05, 0) is 36.8 Å². The van der Waals surface area contributed by atoms with Gasteiger partial charge in [0.2, 0.25) is 5.16 Å². The zero-order chi connectivity index (χ0) is 18.7. The number of nitrogens with zero attached hydrogens (tertiary/aromatic N) is 4. The first-order valence-electron chi connectivity index (χ1n) is 8.04. The molecule has 5 nitrogen and oxygen atoms in total. The van der Waals surface area contributed by atoms with Gasteiger partial charge in [0.1, 0.15) is 5.75 Å². The number of methoxy groups -OCH3 is 1. The van der Waals surface area contributed by atoms with Crippen molar-refractivity contribution in [3.8, 4) is 17.0 Å². The minimum absolute atomic E-state index is 0.0651. The Kier molecular flexibility index (Phi) is 5.36. The number of alkyl halides is 3. The molecule has 3 rings (SSSR count). The third kappa shape index (κ3) is 3.92. The molecule has 0 bridgehead atoms. The summed E-state index contributed by atoms with van der Waals surface area (Å²) in [5, 5.41) is 4.27. The fourth-order valence-electron chi connectivity index (χ4n) is 2.33. The van der Waals surface area contributed by atoms with Crippen molar-refractivity contribution < 1.29 is 17.9 Å². The molecule has 2 heterocycles. The molecule has 26 heavy (non-hydrogen) atoms. The molecule has 9 heteroatoms. The number of ether oxygens (including phenoxy) is 1. The number of halogens is 3. The van der Waals surface area contributed by atoms with E-state index in [4.69, 9.17) is 4.74 Å². The minimum atomic E-state index is -4.57. The van der Waals surface area contributed by atoms with E-state index in [1.54, 1.807) is 24.3 Å². The molecule has 3 aromatic rings. The second-order valence-corrected chi connectivity index (χ2v) is 6.62. The number of hydrogen-bond donors (Lipinski definition) is 0. The van der Waals surface area contributed by atoms with E-state index in [-0.39, 0.29) is 11.5 Å². The molecule has 138 valence electrons. The van der Waals surface area contributed by atoms with Crippen molar-refractivity contribution in [2.45, 2.75) is 31.1 Å². The van der Waals surface area contributed by atoms with Gasteiger partial charge in [-0.3, -0.25) is 0 Å². The Hall–Kier alpha value is -2.29. The van der Waals surface area contributed by atoms with Gasteiger partial charge in [-0.1, -0.05) is 25.1 Å². The summed E-state index contributed by atoms with van der Waals surface area (Å²) in [6.45, 7) is 2.04. The minimum Gasteiger partial charge on any atom is -0.497 e. The Morgan fingerprint density at radius 3 is 2.50 bits per heavy atom. The van der Waals surface area contributed by atoms with E-state index in [1.165, 1.54) is 18.9 Å². The van der Waals surface area contributed by atoms with E-state index in [0.717, 1.165) is 29.2 Å². The van der Waals surface area contributed by atoms with Gasteiger partial charge in [0.15, 0.2) is 5.69 Å². The summed E-state index contributed by atoms with van der Waals surface area (Å²) < 4.78 is 46.4. The lowest BCUT2D eigenvalue weighted by molar-refractivity contribution is -0.142. The third-order valence-corrected chi connectivity index (χ3v) is 4.62. The molecular weight excluding hydrogens is 365 g/mol. The maximum absolute atomic E-state index is 13.5. The average Bonchev–Trinajstić information content (AvgIpc) is 3.03. The van der Waals surface area contributed by atoms with Crippen molar-refractivity contribution in [2.75, 3.05) is 12.9 Å². The highest BCUT2D eigenvalue weighted by Crippen LogP contribution is 2.32. The maximum Gasteiger partial charge on any atom is 0.433 e. The summed E-state index contributed by atoms with van der Waals surface area (Å²) in [7, 11) is 1.52. The van der Waals surface area contributed by atoms with Crippen LogP contribution in [-0.2, 0) is 6.18 Å². The number of unbranched alkanes of at least 4 members (excludes halogenated alkanes) is 1. The van der Waals surface area contributed by atoms with Crippen LogP contribution in [0, 0.1) is 0 Å². The number of rotatable bonds is 6. The highest BCUT2D eigenvalue weighted by Gasteiger charge is 2.35. The van der Waals surface area contributed by atoms with Crippen LogP contribution in [0.25, 0.3) is 17.0 Å². The monoisotopic (exact) mass is 382 g/mol. The lowest BCUT2D eigenvalue weighted by atomic mass is 10.1. The fourth-order valence-corrected chi connectivity index (χ4v) is 3.23. The molecule has 0 radical (unpaired) electrons. The van der Waals surface area contributed by atoms with Crippen LogP contribution in [0.1, 0.15) is 25.5 Å². The Morgan fingerprint density at radius 1 is 1.15 bits per heavy atom. The number of hydrogen-bond acceptors (Lipinski definition) is 5. The molecular formula is C17H17F3N4OS. The van der Waals surface area contributed by atoms with Crippen LogP contribution < -0.4 is 4.74 Å². The zero-order valence-electron chi connectivity index (χ0n) is 14.2. The molecule has 0 amide bonds. The molecule has 0 unspecified atom stereocenters. The predicted octanol–water partition coefficient (Wildman–Crippen LogP) is 4.71. The second-order valence-electron chi connectivity index (χ2n) is 5.56. The van der Waals surface area contributed by atoms with Gasteiger partial charge in [0.25, 0.3) is 5.78 Å². The van der Waals surface area contributed by atoms with E-state index in [1.807, 2.05) is 6.92 Å². The summed E-state index contributed by atoms with van der Waals surface area (Å²) >= 11 is 1.33. The number of aromatic nitrogens is 4. The second kappa shape index (κ2) is 7.53. The van der Waals surface area contributed by atoms with Crippen molar-refractivity contribution in [3.63, 3.8) is 0 Å². The first-order chi connectivity index (χ1) is 12.4. The lowest BCUT2D eigenvalue weighted by Gasteiger charge is -2.10.